The predicted molar refractivity (Wildman–Crippen MR) is 96.7 cm³/mol. The third-order valence-electron chi connectivity index (χ3n) is 6.21. The van der Waals surface area contributed by atoms with Crippen LogP contribution in [0.3, 0.4) is 0 Å². The summed E-state index contributed by atoms with van der Waals surface area (Å²) in [6, 6.07) is 0.677. The van der Waals surface area contributed by atoms with E-state index in [0.29, 0.717) is 23.3 Å². The predicted octanol–water partition coefficient (Wildman–Crippen LogP) is 3.31. The van der Waals surface area contributed by atoms with Crippen molar-refractivity contribution in [1.29, 1.82) is 0 Å². The summed E-state index contributed by atoms with van der Waals surface area (Å²) in [5, 5.41) is 3.26. The van der Waals surface area contributed by atoms with Crippen LogP contribution in [0.5, 0.6) is 0 Å². The first kappa shape index (κ1) is 16.3. The number of amides is 1. The number of carbonyl (C=O) groups is 1. The van der Waals surface area contributed by atoms with Crippen LogP contribution in [-0.4, -0.2) is 46.9 Å². The highest BCUT2D eigenvalue weighted by molar-refractivity contribution is 7.09. The van der Waals surface area contributed by atoms with E-state index in [1.807, 2.05) is 6.20 Å². The summed E-state index contributed by atoms with van der Waals surface area (Å²) >= 11 is 1.74. The molecule has 3 aliphatic rings. The van der Waals surface area contributed by atoms with Crippen molar-refractivity contribution in [3.8, 4) is 0 Å². The summed E-state index contributed by atoms with van der Waals surface area (Å²) in [7, 11) is 2.23. The molecule has 1 saturated heterocycles. The monoisotopic (exact) mass is 345 g/mol. The van der Waals surface area contributed by atoms with E-state index in [9.17, 15) is 4.79 Å². The van der Waals surface area contributed by atoms with Crippen molar-refractivity contribution in [1.82, 2.24) is 14.8 Å². The van der Waals surface area contributed by atoms with Gasteiger partial charge in [0.25, 0.3) is 0 Å². The molecule has 1 aliphatic heterocycles. The molecule has 130 valence electrons. The fourth-order valence-corrected chi connectivity index (χ4v) is 5.24. The second kappa shape index (κ2) is 6.60. The van der Waals surface area contributed by atoms with E-state index in [1.54, 1.807) is 11.3 Å². The number of nitrogens with zero attached hydrogens (tertiary/aromatic N) is 3. The van der Waals surface area contributed by atoms with Crippen LogP contribution in [0, 0.1) is 11.3 Å². The molecule has 1 amide bonds. The molecule has 0 aromatic carbocycles. The van der Waals surface area contributed by atoms with Crippen LogP contribution < -0.4 is 0 Å². The van der Waals surface area contributed by atoms with Gasteiger partial charge in [-0.1, -0.05) is 12.2 Å². The summed E-state index contributed by atoms with van der Waals surface area (Å²) in [5.74, 6) is 0.862. The van der Waals surface area contributed by atoms with Gasteiger partial charge in [0.2, 0.25) is 5.91 Å². The Kier molecular flexibility index (Phi) is 4.48. The molecule has 1 spiro atoms. The van der Waals surface area contributed by atoms with E-state index in [2.05, 4.69) is 39.4 Å². The van der Waals surface area contributed by atoms with Crippen molar-refractivity contribution in [2.24, 2.45) is 11.3 Å². The molecule has 5 heteroatoms. The maximum absolute atomic E-state index is 12.5. The lowest BCUT2D eigenvalue weighted by Gasteiger charge is -2.34. The average Bonchev–Trinajstić information content (AvgIpc) is 2.99. The Balaban J connectivity index is 1.26. The molecule has 1 aromatic rings. The molecule has 1 aromatic heterocycles. The van der Waals surface area contributed by atoms with Crippen LogP contribution in [0.25, 0.3) is 0 Å². The third kappa shape index (κ3) is 3.29. The molecular weight excluding hydrogens is 318 g/mol. The van der Waals surface area contributed by atoms with Crippen LogP contribution in [0.1, 0.15) is 43.5 Å². The van der Waals surface area contributed by atoms with Gasteiger partial charge in [0.05, 0.1) is 6.54 Å². The normalized spacial score (nSPS) is 28.0. The number of carbonyl (C=O) groups excluding carboxylic acids is 1. The molecule has 1 saturated carbocycles. The van der Waals surface area contributed by atoms with Gasteiger partial charge in [-0.25, -0.2) is 4.98 Å². The van der Waals surface area contributed by atoms with Gasteiger partial charge in [-0.15, -0.1) is 11.3 Å². The first-order valence-corrected chi connectivity index (χ1v) is 10.1. The Hall–Kier alpha value is -1.20. The minimum atomic E-state index is 0.370. The van der Waals surface area contributed by atoms with Crippen molar-refractivity contribution in [2.45, 2.75) is 51.1 Å². The summed E-state index contributed by atoms with van der Waals surface area (Å²) < 4.78 is 0. The van der Waals surface area contributed by atoms with Crippen LogP contribution in [0.15, 0.2) is 23.7 Å². The fraction of sp³-hybridized carbons (Fsp3) is 0.684. The molecule has 0 radical (unpaired) electrons. The Morgan fingerprint density at radius 1 is 1.46 bits per heavy atom. The average molecular weight is 346 g/mol. The number of thiazole rings is 1. The molecule has 4 nitrogen and oxygen atoms in total. The van der Waals surface area contributed by atoms with Crippen molar-refractivity contribution in [3.05, 3.63) is 28.7 Å². The van der Waals surface area contributed by atoms with Gasteiger partial charge in [-0.05, 0) is 50.5 Å². The topological polar surface area (TPSA) is 36.4 Å². The first-order valence-electron chi connectivity index (χ1n) is 9.19. The third-order valence-corrected chi connectivity index (χ3v) is 6.97. The van der Waals surface area contributed by atoms with Gasteiger partial charge in [-0.2, -0.15) is 0 Å². The molecule has 4 rings (SSSR count). The molecule has 0 N–H and O–H groups in total. The van der Waals surface area contributed by atoms with E-state index in [-0.39, 0.29) is 0 Å². The summed E-state index contributed by atoms with van der Waals surface area (Å²) in [6.45, 7) is 2.87. The Bertz CT molecular complexity index is 604. The second-order valence-electron chi connectivity index (χ2n) is 7.77. The molecule has 2 aliphatic carbocycles. The Morgan fingerprint density at radius 2 is 2.29 bits per heavy atom. The van der Waals surface area contributed by atoms with Crippen molar-refractivity contribution >= 4 is 17.2 Å². The van der Waals surface area contributed by atoms with E-state index in [1.165, 1.54) is 24.3 Å². The van der Waals surface area contributed by atoms with Gasteiger partial charge >= 0.3 is 0 Å². The minimum Gasteiger partial charge on any atom is -0.343 e. The van der Waals surface area contributed by atoms with Crippen LogP contribution in [-0.2, 0) is 11.3 Å². The van der Waals surface area contributed by atoms with Crippen LogP contribution >= 0.6 is 11.3 Å². The number of piperidine rings is 1. The van der Waals surface area contributed by atoms with E-state index >= 15 is 0 Å². The minimum absolute atomic E-state index is 0.370. The first-order chi connectivity index (χ1) is 11.7. The molecular formula is C19H27N3OS. The van der Waals surface area contributed by atoms with Gasteiger partial charge in [0.15, 0.2) is 0 Å². The van der Waals surface area contributed by atoms with E-state index in [4.69, 9.17) is 0 Å². The molecule has 2 fully saturated rings. The van der Waals surface area contributed by atoms with E-state index < -0.39 is 0 Å². The van der Waals surface area contributed by atoms with Crippen LogP contribution in [0.2, 0.25) is 0 Å². The lowest BCUT2D eigenvalue weighted by Crippen LogP contribution is -2.41. The quantitative estimate of drug-likeness (QED) is 0.768. The number of rotatable bonds is 5. The van der Waals surface area contributed by atoms with E-state index in [0.717, 1.165) is 38.9 Å². The number of allylic oxidation sites excluding steroid dienone is 2. The van der Waals surface area contributed by atoms with Crippen molar-refractivity contribution in [2.75, 3.05) is 20.1 Å². The standard InChI is InChI=1S/C19H27N3OS/c1-21(14-17-20-8-11-24-17)16-13-19(16)6-9-22(10-7-19)18(23)12-15-4-2-3-5-15/h2,4,8,11,15-16H,3,5-7,9-10,12-14H2,1H3/t15-,16-/m0/s1. The molecule has 0 bridgehead atoms. The van der Waals surface area contributed by atoms with Crippen LogP contribution in [0.4, 0.5) is 0 Å². The zero-order valence-electron chi connectivity index (χ0n) is 14.5. The van der Waals surface area contributed by atoms with Gasteiger partial charge < -0.3 is 4.90 Å². The number of likely N-dealkylation sites (tertiary alicyclic amines) is 1. The highest BCUT2D eigenvalue weighted by Crippen LogP contribution is 2.56. The highest BCUT2D eigenvalue weighted by atomic mass is 32.1. The second-order valence-corrected chi connectivity index (χ2v) is 8.75. The molecule has 2 atom stereocenters. The van der Waals surface area contributed by atoms with Gasteiger partial charge in [-0.3, -0.25) is 9.69 Å². The van der Waals surface area contributed by atoms with Crippen molar-refractivity contribution < 1.29 is 4.79 Å². The zero-order valence-corrected chi connectivity index (χ0v) is 15.3. The summed E-state index contributed by atoms with van der Waals surface area (Å²) in [6.07, 6.45) is 13.0. The lowest BCUT2D eigenvalue weighted by molar-refractivity contribution is -0.133. The number of hydrogen-bond donors (Lipinski definition) is 0. The molecule has 0 unspecified atom stereocenters. The highest BCUT2D eigenvalue weighted by Gasteiger charge is 2.56. The Labute approximate surface area is 148 Å². The number of hydrogen-bond acceptors (Lipinski definition) is 4. The SMILES string of the molecule is CN(Cc1nccs1)[C@H]1CC12CCN(C(=O)C[C@H]1C=CCC1)CC2. The lowest BCUT2D eigenvalue weighted by atomic mass is 9.91. The fourth-order valence-electron chi connectivity index (χ4n) is 4.56. The molecule has 2 heterocycles. The maximum Gasteiger partial charge on any atom is 0.223 e. The Morgan fingerprint density at radius 3 is 2.96 bits per heavy atom. The smallest absolute Gasteiger partial charge is 0.223 e. The maximum atomic E-state index is 12.5. The zero-order chi connectivity index (χ0) is 16.6. The number of aromatic nitrogens is 1. The van der Waals surface area contributed by atoms with Crippen molar-refractivity contribution in [3.63, 3.8) is 0 Å². The summed E-state index contributed by atoms with van der Waals surface area (Å²) in [4.78, 5) is 21.5. The molecule has 24 heavy (non-hydrogen) atoms. The largest absolute Gasteiger partial charge is 0.343 e. The van der Waals surface area contributed by atoms with Gasteiger partial charge in [0.1, 0.15) is 5.01 Å². The van der Waals surface area contributed by atoms with Gasteiger partial charge in [0, 0.05) is 37.1 Å². The summed E-state index contributed by atoms with van der Waals surface area (Å²) in [5.41, 5.74) is 0.468.